The first-order valence-electron chi connectivity index (χ1n) is 5.41. The van der Waals surface area contributed by atoms with Crippen LogP contribution in [0.15, 0.2) is 55.1 Å². The molecule has 0 amide bonds. The minimum Gasteiger partial charge on any atom is -0.219 e. The maximum atomic E-state index is 4.28. The van der Waals surface area contributed by atoms with E-state index in [2.05, 4.69) is 49.8 Å². The lowest BCUT2D eigenvalue weighted by Crippen LogP contribution is -2.00. The number of nitrogens with zero attached hydrogens (tertiary/aromatic N) is 4. The number of hydrogen-bond acceptors (Lipinski definition) is 3. The Hall–Kier alpha value is -1.76. The molecule has 4 nitrogen and oxygen atoms in total. The lowest BCUT2D eigenvalue weighted by Gasteiger charge is -1.98. The Morgan fingerprint density at radius 1 is 0.889 bits per heavy atom. The van der Waals surface area contributed by atoms with Gasteiger partial charge in [-0.1, -0.05) is 30.3 Å². The molecule has 0 aliphatic heterocycles. The molecular formula is C13H9IN4. The summed E-state index contributed by atoms with van der Waals surface area (Å²) < 4.78 is 2.69. The van der Waals surface area contributed by atoms with E-state index in [4.69, 9.17) is 0 Å². The molecule has 2 aromatic heterocycles. The fourth-order valence-electron chi connectivity index (χ4n) is 1.64. The smallest absolute Gasteiger partial charge is 0.219 e. The quantitative estimate of drug-likeness (QED) is 0.669. The SMILES string of the molecule is Ic1cnc(-n2cc(-c3ccccc3)cn2)nc1. The molecular weight excluding hydrogens is 339 g/mol. The van der Waals surface area contributed by atoms with E-state index in [0.717, 1.165) is 14.7 Å². The first-order chi connectivity index (χ1) is 8.83. The zero-order chi connectivity index (χ0) is 12.4. The predicted molar refractivity (Wildman–Crippen MR) is 77.3 cm³/mol. The van der Waals surface area contributed by atoms with E-state index in [-0.39, 0.29) is 0 Å². The molecule has 18 heavy (non-hydrogen) atoms. The van der Waals surface area contributed by atoms with Crippen LogP contribution in [0.3, 0.4) is 0 Å². The maximum absolute atomic E-state index is 4.28. The molecule has 5 heteroatoms. The van der Waals surface area contributed by atoms with Crippen molar-refractivity contribution in [2.75, 3.05) is 0 Å². The molecule has 88 valence electrons. The highest BCUT2D eigenvalue weighted by Gasteiger charge is 2.04. The molecule has 2 heterocycles. The maximum Gasteiger partial charge on any atom is 0.250 e. The fourth-order valence-corrected chi connectivity index (χ4v) is 1.91. The third-order valence-electron chi connectivity index (χ3n) is 2.50. The van der Waals surface area contributed by atoms with Crippen molar-refractivity contribution in [2.45, 2.75) is 0 Å². The van der Waals surface area contributed by atoms with Gasteiger partial charge in [-0.05, 0) is 28.2 Å². The van der Waals surface area contributed by atoms with E-state index >= 15 is 0 Å². The van der Waals surface area contributed by atoms with E-state index in [1.54, 1.807) is 17.1 Å². The standard InChI is InChI=1S/C13H9IN4/c14-12-7-15-13(16-8-12)18-9-11(6-17-18)10-4-2-1-3-5-10/h1-9H. The molecule has 1 aromatic carbocycles. The average Bonchev–Trinajstić information content (AvgIpc) is 2.90. The van der Waals surface area contributed by atoms with Crippen molar-refractivity contribution >= 4 is 22.6 Å². The van der Waals surface area contributed by atoms with Gasteiger partial charge in [0.2, 0.25) is 0 Å². The molecule has 0 unspecified atom stereocenters. The first-order valence-corrected chi connectivity index (χ1v) is 6.49. The average molecular weight is 348 g/mol. The van der Waals surface area contributed by atoms with E-state index < -0.39 is 0 Å². The van der Waals surface area contributed by atoms with Gasteiger partial charge in [-0.3, -0.25) is 0 Å². The van der Waals surface area contributed by atoms with Crippen molar-refractivity contribution in [1.82, 2.24) is 19.7 Å². The Morgan fingerprint density at radius 3 is 2.33 bits per heavy atom. The van der Waals surface area contributed by atoms with E-state index in [0.29, 0.717) is 5.95 Å². The number of benzene rings is 1. The van der Waals surface area contributed by atoms with E-state index in [1.165, 1.54) is 0 Å². The highest BCUT2D eigenvalue weighted by atomic mass is 127. The van der Waals surface area contributed by atoms with Crippen LogP contribution in [-0.2, 0) is 0 Å². The van der Waals surface area contributed by atoms with Crippen LogP contribution in [0.1, 0.15) is 0 Å². The monoisotopic (exact) mass is 348 g/mol. The Morgan fingerprint density at radius 2 is 1.61 bits per heavy atom. The second kappa shape index (κ2) is 4.85. The van der Waals surface area contributed by atoms with Crippen molar-refractivity contribution in [3.63, 3.8) is 0 Å². The van der Waals surface area contributed by atoms with E-state index in [9.17, 15) is 0 Å². The van der Waals surface area contributed by atoms with Crippen LogP contribution in [0.2, 0.25) is 0 Å². The summed E-state index contributed by atoms with van der Waals surface area (Å²) in [6, 6.07) is 10.1. The first kappa shape index (κ1) is 11.3. The second-order valence-electron chi connectivity index (χ2n) is 3.74. The molecule has 0 aliphatic rings. The molecule has 0 bridgehead atoms. The van der Waals surface area contributed by atoms with Gasteiger partial charge < -0.3 is 0 Å². The largest absolute Gasteiger partial charge is 0.250 e. The Kier molecular flexibility index (Phi) is 3.06. The van der Waals surface area contributed by atoms with Crippen LogP contribution in [0.25, 0.3) is 17.1 Å². The van der Waals surface area contributed by atoms with Gasteiger partial charge in [-0.2, -0.15) is 5.10 Å². The molecule has 0 aliphatic carbocycles. The highest BCUT2D eigenvalue weighted by Crippen LogP contribution is 2.18. The van der Waals surface area contributed by atoms with Gasteiger partial charge in [-0.25, -0.2) is 14.6 Å². The van der Waals surface area contributed by atoms with Crippen molar-refractivity contribution in [1.29, 1.82) is 0 Å². The van der Waals surface area contributed by atoms with Gasteiger partial charge in [-0.15, -0.1) is 0 Å². The van der Waals surface area contributed by atoms with Gasteiger partial charge in [0, 0.05) is 27.7 Å². The third kappa shape index (κ3) is 2.26. The summed E-state index contributed by atoms with van der Waals surface area (Å²) in [5, 5.41) is 4.28. The summed E-state index contributed by atoms with van der Waals surface area (Å²) >= 11 is 2.18. The Balaban J connectivity index is 1.97. The minimum absolute atomic E-state index is 0.581. The molecule has 0 radical (unpaired) electrons. The number of rotatable bonds is 2. The molecule has 0 saturated carbocycles. The van der Waals surface area contributed by atoms with Crippen LogP contribution < -0.4 is 0 Å². The minimum atomic E-state index is 0.581. The molecule has 3 rings (SSSR count). The predicted octanol–water partition coefficient (Wildman–Crippen LogP) is 2.93. The van der Waals surface area contributed by atoms with Crippen molar-refractivity contribution in [3.8, 4) is 17.1 Å². The Labute approximate surface area is 118 Å². The highest BCUT2D eigenvalue weighted by molar-refractivity contribution is 14.1. The van der Waals surface area contributed by atoms with Crippen LogP contribution in [0, 0.1) is 3.57 Å². The van der Waals surface area contributed by atoms with Gasteiger partial charge in [0.15, 0.2) is 0 Å². The molecule has 0 saturated heterocycles. The summed E-state index contributed by atoms with van der Waals surface area (Å²) in [6.07, 6.45) is 7.29. The zero-order valence-electron chi connectivity index (χ0n) is 9.36. The van der Waals surface area contributed by atoms with Crippen molar-refractivity contribution < 1.29 is 0 Å². The normalized spacial score (nSPS) is 10.5. The third-order valence-corrected chi connectivity index (χ3v) is 3.06. The molecule has 0 atom stereocenters. The summed E-state index contributed by atoms with van der Waals surface area (Å²) in [5.41, 5.74) is 2.19. The fraction of sp³-hybridized carbons (Fsp3) is 0. The van der Waals surface area contributed by atoms with Crippen molar-refractivity contribution in [2.24, 2.45) is 0 Å². The van der Waals surface area contributed by atoms with Gasteiger partial charge in [0.05, 0.1) is 6.20 Å². The molecule has 0 spiro atoms. The molecule has 3 aromatic rings. The van der Waals surface area contributed by atoms with Crippen molar-refractivity contribution in [3.05, 3.63) is 58.7 Å². The van der Waals surface area contributed by atoms with E-state index in [1.807, 2.05) is 30.6 Å². The summed E-state index contributed by atoms with van der Waals surface area (Å²) in [6.45, 7) is 0. The molecule has 0 N–H and O–H groups in total. The van der Waals surface area contributed by atoms with Gasteiger partial charge >= 0.3 is 0 Å². The van der Waals surface area contributed by atoms with Crippen LogP contribution >= 0.6 is 22.6 Å². The van der Waals surface area contributed by atoms with Crippen LogP contribution in [0.4, 0.5) is 0 Å². The number of hydrogen-bond donors (Lipinski definition) is 0. The summed E-state index contributed by atoms with van der Waals surface area (Å²) in [4.78, 5) is 8.47. The molecule has 0 fully saturated rings. The van der Waals surface area contributed by atoms with Gasteiger partial charge in [0.1, 0.15) is 0 Å². The van der Waals surface area contributed by atoms with Gasteiger partial charge in [0.25, 0.3) is 5.95 Å². The van der Waals surface area contributed by atoms with Crippen LogP contribution in [0.5, 0.6) is 0 Å². The topological polar surface area (TPSA) is 43.6 Å². The summed E-state index contributed by atoms with van der Waals surface area (Å²) in [5.74, 6) is 0.581. The second-order valence-corrected chi connectivity index (χ2v) is 4.99. The van der Waals surface area contributed by atoms with Crippen LogP contribution in [-0.4, -0.2) is 19.7 Å². The lowest BCUT2D eigenvalue weighted by molar-refractivity contribution is 0.806. The zero-order valence-corrected chi connectivity index (χ0v) is 11.5. The summed E-state index contributed by atoms with van der Waals surface area (Å²) in [7, 11) is 0. The number of halogens is 1. The lowest BCUT2D eigenvalue weighted by atomic mass is 10.1. The Bertz CT molecular complexity index is 646. The number of aromatic nitrogens is 4.